The van der Waals surface area contributed by atoms with Crippen molar-refractivity contribution >= 4 is 17.5 Å². The molecule has 0 aliphatic rings. The highest BCUT2D eigenvalue weighted by molar-refractivity contribution is 6.31. The molecule has 1 aromatic heterocycles. The molecule has 7 nitrogen and oxygen atoms in total. The van der Waals surface area contributed by atoms with Crippen molar-refractivity contribution in [2.75, 3.05) is 6.54 Å². The van der Waals surface area contributed by atoms with E-state index in [1.54, 1.807) is 45.0 Å². The van der Waals surface area contributed by atoms with Gasteiger partial charge in [0.1, 0.15) is 24.1 Å². The Kier molecular flexibility index (Phi) is 7.68. The number of aromatic nitrogens is 2. The number of amides is 1. The van der Waals surface area contributed by atoms with E-state index >= 15 is 0 Å². The van der Waals surface area contributed by atoms with E-state index < -0.39 is 22.8 Å². The van der Waals surface area contributed by atoms with Gasteiger partial charge in [0, 0.05) is 23.7 Å². The molecule has 0 fully saturated rings. The maximum atomic E-state index is 13.8. The zero-order valence-electron chi connectivity index (χ0n) is 18.9. The molecule has 3 aromatic rings. The lowest BCUT2D eigenvalue weighted by Gasteiger charge is -2.18. The average molecular weight is 492 g/mol. The number of carbonyl (C=O) groups is 1. The zero-order valence-corrected chi connectivity index (χ0v) is 19.6. The first kappa shape index (κ1) is 25.3. The van der Waals surface area contributed by atoms with Crippen molar-refractivity contribution in [1.82, 2.24) is 14.9 Å². The maximum Gasteiger partial charge on any atom is 0.276 e. The zero-order chi connectivity index (χ0) is 25.0. The molecule has 180 valence electrons. The van der Waals surface area contributed by atoms with Gasteiger partial charge in [-0.05, 0) is 50.6 Å². The van der Waals surface area contributed by atoms with Crippen LogP contribution >= 0.6 is 11.6 Å². The first-order valence-electron chi connectivity index (χ1n) is 10.4. The van der Waals surface area contributed by atoms with Gasteiger partial charge >= 0.3 is 0 Å². The summed E-state index contributed by atoms with van der Waals surface area (Å²) in [5, 5.41) is 12.1. The van der Waals surface area contributed by atoms with Gasteiger partial charge in [0.25, 0.3) is 11.5 Å². The molecule has 0 bridgehead atoms. The van der Waals surface area contributed by atoms with Crippen LogP contribution in [0.5, 0.6) is 5.88 Å². The number of hydrogen-bond donors (Lipinski definition) is 2. The van der Waals surface area contributed by atoms with Crippen molar-refractivity contribution in [2.45, 2.75) is 39.5 Å². The van der Waals surface area contributed by atoms with Gasteiger partial charge in [-0.25, -0.2) is 8.78 Å². The lowest BCUT2D eigenvalue weighted by Crippen LogP contribution is -2.38. The van der Waals surface area contributed by atoms with Gasteiger partial charge in [-0.3, -0.25) is 14.2 Å². The standard InChI is InChI=1S/C24H24ClF2N3O4/c1-14-29-22(34-12-17-7-8-18(26)10-19(17)27)20(25)23(32)30(14)11-15-5-4-6-16(9-15)21(31)28-13-24(2,3)33/h4-10,33H,11-13H2,1-3H3,(H,28,31). The molecule has 0 saturated carbocycles. The van der Waals surface area contributed by atoms with Crippen molar-refractivity contribution in [3.05, 3.63) is 92.0 Å². The van der Waals surface area contributed by atoms with Gasteiger partial charge in [-0.1, -0.05) is 23.7 Å². The topological polar surface area (TPSA) is 93.5 Å². The lowest BCUT2D eigenvalue weighted by atomic mass is 10.1. The quantitative estimate of drug-likeness (QED) is 0.502. The molecule has 34 heavy (non-hydrogen) atoms. The Morgan fingerprint density at radius 2 is 1.97 bits per heavy atom. The second-order valence-electron chi connectivity index (χ2n) is 8.39. The van der Waals surface area contributed by atoms with Gasteiger partial charge < -0.3 is 15.2 Å². The number of aliphatic hydroxyl groups is 1. The van der Waals surface area contributed by atoms with E-state index in [-0.39, 0.29) is 42.1 Å². The highest BCUT2D eigenvalue weighted by atomic mass is 35.5. The van der Waals surface area contributed by atoms with Crippen LogP contribution in [0.15, 0.2) is 47.3 Å². The molecule has 0 aliphatic carbocycles. The van der Waals surface area contributed by atoms with Crippen molar-refractivity contribution in [3.8, 4) is 5.88 Å². The summed E-state index contributed by atoms with van der Waals surface area (Å²) in [4.78, 5) is 29.4. The van der Waals surface area contributed by atoms with Crippen LogP contribution < -0.4 is 15.6 Å². The van der Waals surface area contributed by atoms with E-state index in [0.717, 1.165) is 12.1 Å². The number of carbonyl (C=O) groups excluding carboxylic acids is 1. The SMILES string of the molecule is Cc1nc(OCc2ccc(F)cc2F)c(Cl)c(=O)n1Cc1cccc(C(=O)NCC(C)(C)O)c1. The summed E-state index contributed by atoms with van der Waals surface area (Å²) in [7, 11) is 0. The summed E-state index contributed by atoms with van der Waals surface area (Å²) < 4.78 is 33.6. The summed E-state index contributed by atoms with van der Waals surface area (Å²) in [6, 6.07) is 9.73. The maximum absolute atomic E-state index is 13.8. The molecule has 2 aromatic carbocycles. The Morgan fingerprint density at radius 3 is 2.65 bits per heavy atom. The van der Waals surface area contributed by atoms with Crippen LogP contribution in [0.2, 0.25) is 5.02 Å². The van der Waals surface area contributed by atoms with Crippen LogP contribution in [0.1, 0.15) is 41.2 Å². The predicted octanol–water partition coefficient (Wildman–Crippen LogP) is 3.61. The smallest absolute Gasteiger partial charge is 0.276 e. The van der Waals surface area contributed by atoms with Crippen molar-refractivity contribution in [1.29, 1.82) is 0 Å². The lowest BCUT2D eigenvalue weighted by molar-refractivity contribution is 0.0694. The molecule has 1 amide bonds. The number of nitrogens with zero attached hydrogens (tertiary/aromatic N) is 2. The Labute approximate surface area is 200 Å². The third-order valence-corrected chi connectivity index (χ3v) is 5.19. The summed E-state index contributed by atoms with van der Waals surface area (Å²) in [5.41, 5.74) is -0.512. The largest absolute Gasteiger partial charge is 0.471 e. The minimum Gasteiger partial charge on any atom is -0.471 e. The van der Waals surface area contributed by atoms with Crippen LogP contribution in [-0.2, 0) is 13.2 Å². The third-order valence-electron chi connectivity index (χ3n) is 4.87. The van der Waals surface area contributed by atoms with Gasteiger partial charge in [0.15, 0.2) is 5.02 Å². The molecule has 2 N–H and O–H groups in total. The average Bonchev–Trinajstić information content (AvgIpc) is 2.77. The number of hydrogen-bond acceptors (Lipinski definition) is 5. The van der Waals surface area contributed by atoms with Gasteiger partial charge in [0.05, 0.1) is 12.1 Å². The van der Waals surface area contributed by atoms with E-state index in [1.165, 1.54) is 10.6 Å². The molecule has 0 atom stereocenters. The number of halogens is 3. The highest BCUT2D eigenvalue weighted by Gasteiger charge is 2.17. The molecular formula is C24H24ClF2N3O4. The van der Waals surface area contributed by atoms with Gasteiger partial charge in [-0.2, -0.15) is 4.98 Å². The minimum atomic E-state index is -1.05. The molecular weight excluding hydrogens is 468 g/mol. The Hall–Kier alpha value is -3.30. The Balaban J connectivity index is 1.78. The van der Waals surface area contributed by atoms with Crippen LogP contribution in [0, 0.1) is 18.6 Å². The van der Waals surface area contributed by atoms with Crippen molar-refractivity contribution < 1.29 is 23.4 Å². The van der Waals surface area contributed by atoms with E-state index in [1.807, 2.05) is 0 Å². The molecule has 10 heteroatoms. The predicted molar refractivity (Wildman–Crippen MR) is 123 cm³/mol. The number of aryl methyl sites for hydroxylation is 1. The number of benzene rings is 2. The summed E-state index contributed by atoms with van der Waals surface area (Å²) in [6.07, 6.45) is 0. The summed E-state index contributed by atoms with van der Waals surface area (Å²) >= 11 is 6.17. The number of nitrogens with one attached hydrogen (secondary N) is 1. The third kappa shape index (κ3) is 6.39. The van der Waals surface area contributed by atoms with E-state index in [9.17, 15) is 23.5 Å². The fourth-order valence-corrected chi connectivity index (χ4v) is 3.27. The second kappa shape index (κ2) is 10.3. The minimum absolute atomic E-state index is 0.0808. The molecule has 1 heterocycles. The summed E-state index contributed by atoms with van der Waals surface area (Å²) in [5.74, 6) is -1.73. The van der Waals surface area contributed by atoms with Crippen LogP contribution in [-0.4, -0.2) is 32.7 Å². The number of rotatable bonds is 8. The fraction of sp³-hybridized carbons (Fsp3) is 0.292. The van der Waals surface area contributed by atoms with Crippen molar-refractivity contribution in [3.63, 3.8) is 0 Å². The Bertz CT molecular complexity index is 1270. The molecule has 0 saturated heterocycles. The van der Waals surface area contributed by atoms with Gasteiger partial charge in [0.2, 0.25) is 5.88 Å². The first-order valence-corrected chi connectivity index (χ1v) is 10.8. The van der Waals surface area contributed by atoms with E-state index in [2.05, 4.69) is 10.3 Å². The molecule has 0 unspecified atom stereocenters. The Morgan fingerprint density at radius 1 is 1.24 bits per heavy atom. The van der Waals surface area contributed by atoms with Crippen LogP contribution in [0.3, 0.4) is 0 Å². The molecule has 0 aliphatic heterocycles. The van der Waals surface area contributed by atoms with E-state index in [0.29, 0.717) is 17.0 Å². The molecule has 3 rings (SSSR count). The second-order valence-corrected chi connectivity index (χ2v) is 8.77. The molecule has 0 radical (unpaired) electrons. The van der Waals surface area contributed by atoms with Crippen LogP contribution in [0.25, 0.3) is 0 Å². The van der Waals surface area contributed by atoms with E-state index in [4.69, 9.17) is 16.3 Å². The van der Waals surface area contributed by atoms with Crippen LogP contribution in [0.4, 0.5) is 8.78 Å². The molecule has 0 spiro atoms. The van der Waals surface area contributed by atoms with Crippen molar-refractivity contribution in [2.24, 2.45) is 0 Å². The highest BCUT2D eigenvalue weighted by Crippen LogP contribution is 2.21. The number of ether oxygens (including phenoxy) is 1. The normalized spacial score (nSPS) is 11.4. The van der Waals surface area contributed by atoms with Gasteiger partial charge in [-0.15, -0.1) is 0 Å². The summed E-state index contributed by atoms with van der Waals surface area (Å²) in [6.45, 7) is 4.64. The fourth-order valence-electron chi connectivity index (χ4n) is 3.07. The monoisotopic (exact) mass is 491 g/mol. The first-order chi connectivity index (χ1) is 15.9.